The lowest BCUT2D eigenvalue weighted by atomic mass is 9.83. The molecule has 0 saturated carbocycles. The Bertz CT molecular complexity index is 1420. The van der Waals surface area contributed by atoms with Gasteiger partial charge in [0.15, 0.2) is 12.4 Å². The third kappa shape index (κ3) is 4.99. The molecule has 176 valence electrons. The smallest absolute Gasteiger partial charge is 0.349 e. The Hall–Kier alpha value is -4.26. The lowest BCUT2D eigenvalue weighted by molar-refractivity contribution is -0.385. The van der Waals surface area contributed by atoms with Crippen molar-refractivity contribution in [3.05, 3.63) is 103 Å². The van der Waals surface area contributed by atoms with Crippen molar-refractivity contribution in [3.8, 4) is 23.3 Å². The molecule has 3 aromatic rings. The molecule has 0 amide bonds. The van der Waals surface area contributed by atoms with E-state index in [1.165, 1.54) is 30.3 Å². The topological polar surface area (TPSA) is 138 Å². The first-order chi connectivity index (χ1) is 16.8. The van der Waals surface area contributed by atoms with Gasteiger partial charge in [-0.15, -0.1) is 0 Å². The number of halogens is 2. The number of nitriles is 1. The first-order valence-electron chi connectivity index (χ1n) is 10.0. The molecule has 1 atom stereocenters. The van der Waals surface area contributed by atoms with E-state index in [1.54, 1.807) is 30.3 Å². The molecule has 0 fully saturated rings. The summed E-state index contributed by atoms with van der Waals surface area (Å²) in [4.78, 5) is 22.8. The van der Waals surface area contributed by atoms with Crippen molar-refractivity contribution >= 4 is 34.9 Å². The van der Waals surface area contributed by atoms with Gasteiger partial charge in [0.2, 0.25) is 5.88 Å². The molecule has 2 N–H and O–H groups in total. The highest BCUT2D eigenvalue weighted by molar-refractivity contribution is 6.35. The molecule has 1 heterocycles. The predicted molar refractivity (Wildman–Crippen MR) is 126 cm³/mol. The summed E-state index contributed by atoms with van der Waals surface area (Å²) in [7, 11) is 0. The van der Waals surface area contributed by atoms with Gasteiger partial charge in [-0.2, -0.15) is 5.26 Å². The lowest BCUT2D eigenvalue weighted by Crippen LogP contribution is -2.22. The standard InChI is InChI=1S/C24H15Cl2N3O6/c25-13-5-7-15(18(26)9-13)23-16-8-6-14(10-21(16)35-24(28)17(23)11-27)34-22(30)12-33-20-4-2-1-3-19(20)29(31)32/h1-10,23H,12,28H2. The predicted octanol–water partition coefficient (Wildman–Crippen LogP) is 5.10. The third-order valence-electron chi connectivity index (χ3n) is 5.10. The molecule has 11 heteroatoms. The number of fused-ring (bicyclic) bond motifs is 1. The van der Waals surface area contributed by atoms with Crippen molar-refractivity contribution in [2.45, 2.75) is 5.92 Å². The second-order valence-electron chi connectivity index (χ2n) is 7.28. The molecule has 1 unspecified atom stereocenters. The largest absolute Gasteiger partial charge is 0.475 e. The van der Waals surface area contributed by atoms with Gasteiger partial charge in [0.1, 0.15) is 23.1 Å². The average Bonchev–Trinajstić information content (AvgIpc) is 2.82. The van der Waals surface area contributed by atoms with Gasteiger partial charge in [0.25, 0.3) is 0 Å². The zero-order chi connectivity index (χ0) is 25.1. The fraction of sp³-hybridized carbons (Fsp3) is 0.0833. The van der Waals surface area contributed by atoms with Gasteiger partial charge < -0.3 is 19.9 Å². The van der Waals surface area contributed by atoms with Crippen LogP contribution in [0.1, 0.15) is 17.0 Å². The van der Waals surface area contributed by atoms with E-state index >= 15 is 0 Å². The number of nitrogens with two attached hydrogens (primary N) is 1. The number of nitro benzene ring substituents is 1. The Labute approximate surface area is 209 Å². The number of nitrogens with zero attached hydrogens (tertiary/aromatic N) is 2. The molecule has 0 bridgehead atoms. The van der Waals surface area contributed by atoms with Crippen LogP contribution in [0.3, 0.4) is 0 Å². The Morgan fingerprint density at radius 2 is 1.89 bits per heavy atom. The monoisotopic (exact) mass is 511 g/mol. The minimum atomic E-state index is -0.794. The quantitative estimate of drug-likeness (QED) is 0.208. The number of rotatable bonds is 6. The van der Waals surface area contributed by atoms with Crippen LogP contribution in [0.25, 0.3) is 0 Å². The molecule has 35 heavy (non-hydrogen) atoms. The zero-order valence-corrected chi connectivity index (χ0v) is 19.2. The summed E-state index contributed by atoms with van der Waals surface area (Å²) in [5.41, 5.74) is 7.07. The van der Waals surface area contributed by atoms with Crippen LogP contribution in [0.4, 0.5) is 5.69 Å². The molecular weight excluding hydrogens is 497 g/mol. The van der Waals surface area contributed by atoms with Crippen LogP contribution in [0.5, 0.6) is 17.2 Å². The molecular formula is C24H15Cl2N3O6. The van der Waals surface area contributed by atoms with Gasteiger partial charge in [-0.1, -0.05) is 47.5 Å². The van der Waals surface area contributed by atoms with E-state index in [-0.39, 0.29) is 34.4 Å². The fourth-order valence-corrected chi connectivity index (χ4v) is 4.10. The van der Waals surface area contributed by atoms with Crippen molar-refractivity contribution in [1.82, 2.24) is 0 Å². The van der Waals surface area contributed by atoms with E-state index in [0.29, 0.717) is 21.2 Å². The minimum absolute atomic E-state index is 0.0622. The maximum atomic E-state index is 12.3. The van der Waals surface area contributed by atoms with Crippen LogP contribution in [0.15, 0.2) is 72.1 Å². The van der Waals surface area contributed by atoms with E-state index in [1.807, 2.05) is 0 Å². The van der Waals surface area contributed by atoms with Crippen molar-refractivity contribution in [3.63, 3.8) is 0 Å². The number of hydrogen-bond donors (Lipinski definition) is 1. The van der Waals surface area contributed by atoms with Crippen molar-refractivity contribution in [2.24, 2.45) is 5.73 Å². The van der Waals surface area contributed by atoms with Crippen LogP contribution in [-0.2, 0) is 4.79 Å². The molecule has 3 aromatic carbocycles. The fourth-order valence-electron chi connectivity index (χ4n) is 3.58. The number of benzene rings is 3. The minimum Gasteiger partial charge on any atom is -0.475 e. The van der Waals surface area contributed by atoms with E-state index in [0.717, 1.165) is 0 Å². The van der Waals surface area contributed by atoms with Crippen LogP contribution in [0, 0.1) is 21.4 Å². The second-order valence-corrected chi connectivity index (χ2v) is 8.12. The molecule has 9 nitrogen and oxygen atoms in total. The molecule has 0 spiro atoms. The number of carbonyl (C=O) groups excluding carboxylic acids is 1. The number of ether oxygens (including phenoxy) is 3. The van der Waals surface area contributed by atoms with E-state index in [2.05, 4.69) is 6.07 Å². The van der Waals surface area contributed by atoms with Crippen LogP contribution >= 0.6 is 23.2 Å². The summed E-state index contributed by atoms with van der Waals surface area (Å²) in [6.45, 7) is -0.563. The summed E-state index contributed by atoms with van der Waals surface area (Å²) in [6.07, 6.45) is 0. The first-order valence-corrected chi connectivity index (χ1v) is 10.8. The number of carbonyl (C=O) groups is 1. The molecule has 1 aliphatic rings. The normalized spacial score (nSPS) is 14.4. The molecule has 0 saturated heterocycles. The summed E-state index contributed by atoms with van der Waals surface area (Å²) < 4.78 is 16.2. The Morgan fingerprint density at radius 1 is 1.14 bits per heavy atom. The highest BCUT2D eigenvalue weighted by Crippen LogP contribution is 2.45. The summed E-state index contributed by atoms with van der Waals surface area (Å²) in [6, 6.07) is 17.2. The third-order valence-corrected chi connectivity index (χ3v) is 5.67. The van der Waals surface area contributed by atoms with E-state index in [4.69, 9.17) is 43.1 Å². The van der Waals surface area contributed by atoms with Gasteiger partial charge in [0.05, 0.1) is 10.8 Å². The Morgan fingerprint density at radius 3 is 2.60 bits per heavy atom. The number of allylic oxidation sites excluding steroid dienone is 1. The maximum absolute atomic E-state index is 12.3. The second kappa shape index (κ2) is 9.93. The first kappa shape index (κ1) is 23.9. The van der Waals surface area contributed by atoms with E-state index < -0.39 is 23.4 Å². The van der Waals surface area contributed by atoms with Crippen LogP contribution in [0.2, 0.25) is 10.0 Å². The number of nitro groups is 1. The van der Waals surface area contributed by atoms with Gasteiger partial charge in [-0.25, -0.2) is 4.79 Å². The molecule has 4 rings (SSSR count). The van der Waals surface area contributed by atoms with Gasteiger partial charge in [0, 0.05) is 27.7 Å². The van der Waals surface area contributed by atoms with Crippen molar-refractivity contribution in [1.29, 1.82) is 5.26 Å². The summed E-state index contributed by atoms with van der Waals surface area (Å²) in [5.74, 6) is -1.21. The van der Waals surface area contributed by atoms with Crippen LogP contribution in [-0.4, -0.2) is 17.5 Å². The highest BCUT2D eigenvalue weighted by atomic mass is 35.5. The number of esters is 1. The van der Waals surface area contributed by atoms with Gasteiger partial charge in [-0.05, 0) is 29.8 Å². The van der Waals surface area contributed by atoms with Gasteiger partial charge in [-0.3, -0.25) is 10.1 Å². The molecule has 1 aliphatic heterocycles. The average molecular weight is 512 g/mol. The number of hydrogen-bond acceptors (Lipinski definition) is 8. The lowest BCUT2D eigenvalue weighted by Gasteiger charge is -2.27. The maximum Gasteiger partial charge on any atom is 0.349 e. The van der Waals surface area contributed by atoms with Crippen LogP contribution < -0.4 is 19.9 Å². The molecule has 0 aliphatic carbocycles. The van der Waals surface area contributed by atoms with Gasteiger partial charge >= 0.3 is 11.7 Å². The van der Waals surface area contributed by atoms with Crippen molar-refractivity contribution < 1.29 is 23.9 Å². The van der Waals surface area contributed by atoms with E-state index in [9.17, 15) is 20.2 Å². The highest BCUT2D eigenvalue weighted by Gasteiger charge is 2.32. The molecule has 0 aromatic heterocycles. The number of para-hydroxylation sites is 2. The molecule has 0 radical (unpaired) electrons. The summed E-state index contributed by atoms with van der Waals surface area (Å²) in [5, 5.41) is 21.5. The SMILES string of the molecule is N#CC1=C(N)Oc2cc(OC(=O)COc3ccccc3[N+](=O)[O-])ccc2C1c1ccc(Cl)cc1Cl. The Balaban J connectivity index is 1.56. The Kier molecular flexibility index (Phi) is 6.78. The zero-order valence-electron chi connectivity index (χ0n) is 17.7. The van der Waals surface area contributed by atoms with Crippen molar-refractivity contribution in [2.75, 3.05) is 6.61 Å². The summed E-state index contributed by atoms with van der Waals surface area (Å²) >= 11 is 12.4.